The largest absolute Gasteiger partial charge is 0.490 e. The van der Waals surface area contributed by atoms with Gasteiger partial charge in [-0.2, -0.15) is 0 Å². The number of sulfonamides is 1. The molecule has 0 unspecified atom stereocenters. The topological polar surface area (TPSA) is 131 Å². The molecular formula is C21H24FN5O5S. The standard InChI is InChI=1S/C21H24FN5O5S/c1-13(15-4-5-17(22)18(8-15)32-11-14-2-3-14)26-33(30,31)12-19-23-7-6-16(24-19)9-27-10-20(28)25-21(27)29/h4-8,13-14,26H,2-3,9-12H2,1H3,(H,25,28,29)/t13-/m1/s1. The SMILES string of the molecule is C[C@@H](NS(=O)(=O)Cc1nccc(CN2CC(=O)NC2=O)n1)c1ccc(F)c(OCC2CC2)c1. The molecule has 2 fully saturated rings. The van der Waals surface area contributed by atoms with E-state index in [1.54, 1.807) is 13.0 Å². The van der Waals surface area contributed by atoms with Crippen molar-refractivity contribution in [1.82, 2.24) is 24.9 Å². The predicted octanol–water partition coefficient (Wildman–Crippen LogP) is 1.64. The van der Waals surface area contributed by atoms with Gasteiger partial charge in [0, 0.05) is 12.2 Å². The van der Waals surface area contributed by atoms with Gasteiger partial charge < -0.3 is 9.64 Å². The van der Waals surface area contributed by atoms with E-state index in [0.717, 1.165) is 12.8 Å². The van der Waals surface area contributed by atoms with Crippen molar-refractivity contribution >= 4 is 22.0 Å². The molecule has 3 amide bonds. The van der Waals surface area contributed by atoms with Gasteiger partial charge >= 0.3 is 6.03 Å². The van der Waals surface area contributed by atoms with E-state index in [1.165, 1.54) is 29.3 Å². The maximum atomic E-state index is 14.0. The summed E-state index contributed by atoms with van der Waals surface area (Å²) in [6.45, 7) is 2.06. The highest BCUT2D eigenvalue weighted by Gasteiger charge is 2.27. The number of aromatic nitrogens is 2. The van der Waals surface area contributed by atoms with Crippen molar-refractivity contribution in [2.45, 2.75) is 38.1 Å². The number of nitrogens with zero attached hydrogens (tertiary/aromatic N) is 3. The minimum atomic E-state index is -3.84. The van der Waals surface area contributed by atoms with Crippen LogP contribution in [-0.2, 0) is 27.1 Å². The van der Waals surface area contributed by atoms with Crippen molar-refractivity contribution in [3.63, 3.8) is 0 Å². The van der Waals surface area contributed by atoms with E-state index in [2.05, 4.69) is 20.0 Å². The number of carbonyl (C=O) groups excluding carboxylic acids is 2. The second-order valence-corrected chi connectivity index (χ2v) is 9.97. The van der Waals surface area contributed by atoms with Gasteiger partial charge in [0.05, 0.1) is 18.8 Å². The maximum absolute atomic E-state index is 14.0. The van der Waals surface area contributed by atoms with Crippen LogP contribution in [0.1, 0.15) is 42.9 Å². The number of hydrogen-bond acceptors (Lipinski definition) is 7. The van der Waals surface area contributed by atoms with Gasteiger partial charge in [0.1, 0.15) is 18.1 Å². The highest BCUT2D eigenvalue weighted by atomic mass is 32.2. The summed E-state index contributed by atoms with van der Waals surface area (Å²) in [7, 11) is -3.84. The molecule has 1 saturated heterocycles. The van der Waals surface area contributed by atoms with Gasteiger partial charge in [0.2, 0.25) is 15.9 Å². The Balaban J connectivity index is 1.39. The van der Waals surface area contributed by atoms with Crippen molar-refractivity contribution in [3.05, 3.63) is 53.4 Å². The fourth-order valence-electron chi connectivity index (χ4n) is 3.35. The summed E-state index contributed by atoms with van der Waals surface area (Å²) in [5.41, 5.74) is 0.967. The first-order valence-electron chi connectivity index (χ1n) is 10.5. The third kappa shape index (κ3) is 6.23. The quantitative estimate of drug-likeness (QED) is 0.498. The van der Waals surface area contributed by atoms with Crippen molar-refractivity contribution < 1.29 is 27.1 Å². The fraction of sp³-hybridized carbons (Fsp3) is 0.429. The monoisotopic (exact) mass is 477 g/mol. The van der Waals surface area contributed by atoms with Crippen molar-refractivity contribution in [3.8, 4) is 5.75 Å². The molecule has 12 heteroatoms. The molecular weight excluding hydrogens is 453 g/mol. The lowest BCUT2D eigenvalue weighted by atomic mass is 10.1. The molecule has 0 bridgehead atoms. The average Bonchev–Trinajstić information content (AvgIpc) is 3.51. The molecule has 33 heavy (non-hydrogen) atoms. The second-order valence-electron chi connectivity index (χ2n) is 8.22. The van der Waals surface area contributed by atoms with Crippen LogP contribution in [-0.4, -0.2) is 48.4 Å². The summed E-state index contributed by atoms with van der Waals surface area (Å²) in [5, 5.41) is 2.17. The molecule has 1 saturated carbocycles. The molecule has 0 radical (unpaired) electrons. The molecule has 2 aromatic rings. The van der Waals surface area contributed by atoms with Crippen molar-refractivity contribution in [2.24, 2.45) is 5.92 Å². The summed E-state index contributed by atoms with van der Waals surface area (Å²) in [5.74, 6) is -0.774. The maximum Gasteiger partial charge on any atom is 0.324 e. The van der Waals surface area contributed by atoms with E-state index in [9.17, 15) is 22.4 Å². The number of hydrogen-bond donors (Lipinski definition) is 2. The van der Waals surface area contributed by atoms with Gasteiger partial charge in [-0.3, -0.25) is 10.1 Å². The van der Waals surface area contributed by atoms with Crippen molar-refractivity contribution in [1.29, 1.82) is 0 Å². The Morgan fingerprint density at radius 2 is 2.09 bits per heavy atom. The Hall–Kier alpha value is -3.12. The lowest BCUT2D eigenvalue weighted by Gasteiger charge is -2.16. The number of imide groups is 1. The lowest BCUT2D eigenvalue weighted by Crippen LogP contribution is -2.29. The number of halogens is 1. The molecule has 1 aromatic carbocycles. The smallest absolute Gasteiger partial charge is 0.324 e. The van der Waals surface area contributed by atoms with E-state index in [-0.39, 0.29) is 24.7 Å². The molecule has 2 aliphatic rings. The van der Waals surface area contributed by atoms with Crippen LogP contribution in [0.25, 0.3) is 0 Å². The van der Waals surface area contributed by atoms with Crippen LogP contribution in [0.5, 0.6) is 5.75 Å². The number of ether oxygens (including phenoxy) is 1. The zero-order valence-corrected chi connectivity index (χ0v) is 18.8. The molecule has 1 aromatic heterocycles. The highest BCUT2D eigenvalue weighted by Crippen LogP contribution is 2.31. The summed E-state index contributed by atoms with van der Waals surface area (Å²) in [4.78, 5) is 32.5. The number of rotatable bonds is 10. The summed E-state index contributed by atoms with van der Waals surface area (Å²) in [6.07, 6.45) is 3.55. The Bertz CT molecular complexity index is 1170. The first-order valence-corrected chi connectivity index (χ1v) is 12.2. The number of carbonyl (C=O) groups is 2. The predicted molar refractivity (Wildman–Crippen MR) is 115 cm³/mol. The fourth-order valence-corrected chi connectivity index (χ4v) is 4.58. The Morgan fingerprint density at radius 1 is 1.30 bits per heavy atom. The highest BCUT2D eigenvalue weighted by molar-refractivity contribution is 7.88. The summed E-state index contributed by atoms with van der Waals surface area (Å²) >= 11 is 0. The average molecular weight is 478 g/mol. The molecule has 1 aliphatic heterocycles. The van der Waals surface area contributed by atoms with Gasteiger partial charge in [-0.1, -0.05) is 6.07 Å². The zero-order chi connectivity index (χ0) is 23.6. The van der Waals surface area contributed by atoms with Crippen LogP contribution in [0.4, 0.5) is 9.18 Å². The third-order valence-corrected chi connectivity index (χ3v) is 6.64. The molecule has 0 spiro atoms. The number of urea groups is 1. The second kappa shape index (κ2) is 9.40. The molecule has 10 nitrogen and oxygen atoms in total. The normalized spacial score (nSPS) is 17.2. The van der Waals surface area contributed by atoms with E-state index in [0.29, 0.717) is 23.8 Å². The van der Waals surface area contributed by atoms with Gasteiger partial charge in [-0.15, -0.1) is 0 Å². The first kappa shape index (κ1) is 23.1. The minimum absolute atomic E-state index is 0.0469. The number of benzene rings is 1. The first-order chi connectivity index (χ1) is 15.7. The minimum Gasteiger partial charge on any atom is -0.490 e. The molecule has 2 N–H and O–H groups in total. The van der Waals surface area contributed by atoms with E-state index in [4.69, 9.17) is 4.74 Å². The van der Waals surface area contributed by atoms with Crippen LogP contribution >= 0.6 is 0 Å². The van der Waals surface area contributed by atoms with Gasteiger partial charge in [0.15, 0.2) is 11.6 Å². The van der Waals surface area contributed by atoms with Crippen LogP contribution < -0.4 is 14.8 Å². The molecule has 4 rings (SSSR count). The van der Waals surface area contributed by atoms with Gasteiger partial charge in [-0.05, 0) is 49.4 Å². The lowest BCUT2D eigenvalue weighted by molar-refractivity contribution is -0.118. The Labute approximate surface area is 190 Å². The Morgan fingerprint density at radius 3 is 2.79 bits per heavy atom. The third-order valence-electron chi connectivity index (χ3n) is 5.29. The van der Waals surface area contributed by atoms with E-state index < -0.39 is 39.6 Å². The summed E-state index contributed by atoms with van der Waals surface area (Å²) < 4.78 is 47.5. The van der Waals surface area contributed by atoms with Crippen LogP contribution in [0, 0.1) is 11.7 Å². The number of amides is 3. The summed E-state index contributed by atoms with van der Waals surface area (Å²) in [6, 6.07) is 4.65. The number of nitrogens with one attached hydrogen (secondary N) is 2. The van der Waals surface area contributed by atoms with Gasteiger partial charge in [0.25, 0.3) is 0 Å². The molecule has 2 heterocycles. The van der Waals surface area contributed by atoms with Crippen molar-refractivity contribution in [2.75, 3.05) is 13.2 Å². The molecule has 1 atom stereocenters. The van der Waals surface area contributed by atoms with Gasteiger partial charge in [-0.25, -0.2) is 32.3 Å². The van der Waals surface area contributed by atoms with Crippen LogP contribution in [0.3, 0.4) is 0 Å². The molecule has 176 valence electrons. The zero-order valence-electron chi connectivity index (χ0n) is 18.0. The van der Waals surface area contributed by atoms with E-state index in [1.807, 2.05) is 0 Å². The van der Waals surface area contributed by atoms with Crippen LogP contribution in [0.15, 0.2) is 30.5 Å². The van der Waals surface area contributed by atoms with E-state index >= 15 is 0 Å². The molecule has 1 aliphatic carbocycles. The van der Waals surface area contributed by atoms with Crippen LogP contribution in [0.2, 0.25) is 0 Å². The Kier molecular flexibility index (Phi) is 6.56.